The van der Waals surface area contributed by atoms with Crippen LogP contribution >= 0.6 is 0 Å². The molecule has 0 radical (unpaired) electrons. The van der Waals surface area contributed by atoms with Gasteiger partial charge in [0, 0.05) is 12.3 Å². The maximum absolute atomic E-state index is 11.7. The maximum atomic E-state index is 11.7. The van der Waals surface area contributed by atoms with E-state index in [1.807, 2.05) is 24.3 Å². The molecule has 0 saturated heterocycles. The van der Waals surface area contributed by atoms with Crippen LogP contribution in [0.4, 0.5) is 0 Å². The average Bonchev–Trinajstić information content (AvgIpc) is 3.32. The van der Waals surface area contributed by atoms with Crippen molar-refractivity contribution in [3.63, 3.8) is 0 Å². The first-order chi connectivity index (χ1) is 19.8. The second kappa shape index (κ2) is 11.9. The zero-order valence-corrected chi connectivity index (χ0v) is 24.8. The number of allylic oxidation sites excluding steroid dienone is 1. The van der Waals surface area contributed by atoms with Crippen LogP contribution in [0.3, 0.4) is 0 Å². The van der Waals surface area contributed by atoms with E-state index in [4.69, 9.17) is 23.4 Å². The predicted molar refractivity (Wildman–Crippen MR) is 159 cm³/mol. The molecule has 0 unspecified atom stereocenters. The molecule has 3 aromatic carbocycles. The van der Waals surface area contributed by atoms with Crippen LogP contribution in [-0.2, 0) is 18.8 Å². The van der Waals surface area contributed by atoms with Gasteiger partial charge in [-0.05, 0) is 33.6 Å². The van der Waals surface area contributed by atoms with Gasteiger partial charge in [0.2, 0.25) is 5.75 Å². The van der Waals surface area contributed by atoms with Gasteiger partial charge >= 0.3 is 5.97 Å². The molecule has 1 aliphatic carbocycles. The van der Waals surface area contributed by atoms with Crippen LogP contribution in [0.2, 0.25) is 5.04 Å². The molecule has 0 amide bonds. The summed E-state index contributed by atoms with van der Waals surface area (Å²) in [5, 5.41) is 2.13. The van der Waals surface area contributed by atoms with Gasteiger partial charge in [0.15, 0.2) is 18.1 Å². The monoisotopic (exact) mass is 572 g/mol. The number of carbonyl (C=O) groups is 2. The number of methoxy groups -OCH3 is 1. The minimum atomic E-state index is -2.89. The largest absolute Gasteiger partial charge is 0.482 e. The fourth-order valence-corrected chi connectivity index (χ4v) is 10.7. The summed E-state index contributed by atoms with van der Waals surface area (Å²) in [6, 6.07) is 26.3. The van der Waals surface area contributed by atoms with E-state index >= 15 is 0 Å². The van der Waals surface area contributed by atoms with Crippen LogP contribution in [0.1, 0.15) is 27.2 Å². The molecule has 1 saturated carbocycles. The zero-order chi connectivity index (χ0) is 29.0. The van der Waals surface area contributed by atoms with E-state index in [-0.39, 0.29) is 35.9 Å². The summed E-state index contributed by atoms with van der Waals surface area (Å²) in [5.74, 6) is 0.643. The lowest BCUT2D eigenvalue weighted by Gasteiger charge is -2.45. The second-order valence-electron chi connectivity index (χ2n) is 11.3. The van der Waals surface area contributed by atoms with E-state index in [9.17, 15) is 9.59 Å². The lowest BCUT2D eigenvalue weighted by molar-refractivity contribution is -0.143. The van der Waals surface area contributed by atoms with E-state index in [0.717, 1.165) is 6.29 Å². The van der Waals surface area contributed by atoms with Crippen LogP contribution < -0.4 is 24.6 Å². The average molecular weight is 573 g/mol. The fraction of sp³-hybridized carbons (Fsp3) is 0.333. The molecule has 5 rings (SSSR count). The lowest BCUT2D eigenvalue weighted by atomic mass is 10.0. The Bertz CT molecular complexity index is 1340. The Hall–Kier alpha value is -3.88. The molecular formula is C33H36O7Si. The number of carbonyl (C=O) groups excluding carboxylic acids is 2. The third-order valence-corrected chi connectivity index (χ3v) is 12.9. The van der Waals surface area contributed by atoms with Gasteiger partial charge in [0.25, 0.3) is 8.32 Å². The Balaban J connectivity index is 1.54. The Morgan fingerprint density at radius 2 is 1.61 bits per heavy atom. The van der Waals surface area contributed by atoms with Gasteiger partial charge in [-0.15, -0.1) is 0 Å². The van der Waals surface area contributed by atoms with Gasteiger partial charge in [-0.1, -0.05) is 93.6 Å². The minimum absolute atomic E-state index is 0.220. The Kier molecular flexibility index (Phi) is 8.33. The Morgan fingerprint density at radius 1 is 0.951 bits per heavy atom. The molecule has 1 aliphatic heterocycles. The summed E-state index contributed by atoms with van der Waals surface area (Å²) >= 11 is 0. The molecule has 8 heteroatoms. The Labute approximate surface area is 242 Å². The van der Waals surface area contributed by atoms with Crippen molar-refractivity contribution in [2.75, 3.05) is 13.7 Å². The van der Waals surface area contributed by atoms with Crippen molar-refractivity contribution in [3.05, 3.63) is 91.0 Å². The van der Waals surface area contributed by atoms with Crippen molar-refractivity contribution >= 4 is 30.9 Å². The quantitative estimate of drug-likeness (QED) is 0.162. The number of fused-ring (bicyclic) bond motifs is 2. The van der Waals surface area contributed by atoms with Gasteiger partial charge in [-0.25, -0.2) is 4.79 Å². The van der Waals surface area contributed by atoms with Crippen molar-refractivity contribution in [2.24, 2.45) is 5.92 Å². The van der Waals surface area contributed by atoms with E-state index in [1.54, 1.807) is 12.1 Å². The molecule has 1 heterocycles. The van der Waals surface area contributed by atoms with Gasteiger partial charge in [-0.2, -0.15) is 0 Å². The number of para-hydroxylation sites is 1. The molecule has 0 aromatic heterocycles. The molecule has 0 bridgehead atoms. The molecule has 1 fully saturated rings. The predicted octanol–water partition coefficient (Wildman–Crippen LogP) is 4.47. The third-order valence-electron chi connectivity index (χ3n) is 7.84. The van der Waals surface area contributed by atoms with E-state index in [2.05, 4.69) is 69.3 Å². The van der Waals surface area contributed by atoms with Crippen molar-refractivity contribution < 1.29 is 33.0 Å². The standard InChI is InChI=1S/C33H36O7Si/c1-33(2,3)41(23-13-7-5-8-14-23,24-15-9-6-10-16-24)40-28-21-29-31(25(28)17-12-20-34)38-27-19-11-18-26(32(27)39-29)37-22-30(35)36-4/h5-20,25,28-29,31H,21-22H2,1-4H3/t25-,28+,29-,31+/m0/s1. The summed E-state index contributed by atoms with van der Waals surface area (Å²) < 4.78 is 30.9. The SMILES string of the molecule is COC(=O)COc1cccc2c1O[C@H]1C[C@@H](O[Si](c3ccccc3)(c3ccccc3)C(C)(C)C)[C@H](C=CC=O)[C@H]1O2. The first-order valence-corrected chi connectivity index (χ1v) is 15.8. The normalized spacial score (nSPS) is 21.8. The fourth-order valence-electron chi connectivity index (χ4n) is 6.01. The molecule has 41 heavy (non-hydrogen) atoms. The van der Waals surface area contributed by atoms with Crippen molar-refractivity contribution in [2.45, 2.75) is 50.5 Å². The summed E-state index contributed by atoms with van der Waals surface area (Å²) in [4.78, 5) is 23.2. The zero-order valence-electron chi connectivity index (χ0n) is 23.8. The van der Waals surface area contributed by atoms with Crippen molar-refractivity contribution in [3.8, 4) is 17.2 Å². The van der Waals surface area contributed by atoms with E-state index < -0.39 is 14.3 Å². The first kappa shape index (κ1) is 28.6. The van der Waals surface area contributed by atoms with Gasteiger partial charge in [0.1, 0.15) is 18.5 Å². The number of hydrogen-bond donors (Lipinski definition) is 0. The highest BCUT2D eigenvalue weighted by atomic mass is 28.4. The topological polar surface area (TPSA) is 80.3 Å². The molecular weight excluding hydrogens is 536 g/mol. The van der Waals surface area contributed by atoms with Crippen LogP contribution in [-0.4, -0.2) is 52.6 Å². The molecule has 0 spiro atoms. The van der Waals surface area contributed by atoms with Crippen LogP contribution in [0.5, 0.6) is 17.2 Å². The highest BCUT2D eigenvalue weighted by molar-refractivity contribution is 6.99. The highest BCUT2D eigenvalue weighted by Gasteiger charge is 2.56. The number of hydrogen-bond acceptors (Lipinski definition) is 7. The third kappa shape index (κ3) is 5.54. The van der Waals surface area contributed by atoms with E-state index in [0.29, 0.717) is 23.7 Å². The summed E-state index contributed by atoms with van der Waals surface area (Å²) in [6.45, 7) is 6.48. The van der Waals surface area contributed by atoms with Crippen LogP contribution in [0.25, 0.3) is 0 Å². The molecule has 0 N–H and O–H groups in total. The number of aldehydes is 1. The number of esters is 1. The number of rotatable bonds is 9. The summed E-state index contributed by atoms with van der Waals surface area (Å²) in [6.07, 6.45) is 3.71. The van der Waals surface area contributed by atoms with Crippen molar-refractivity contribution in [1.29, 1.82) is 0 Å². The van der Waals surface area contributed by atoms with Crippen molar-refractivity contribution in [1.82, 2.24) is 0 Å². The molecule has 3 aromatic rings. The maximum Gasteiger partial charge on any atom is 0.343 e. The van der Waals surface area contributed by atoms with Gasteiger partial charge < -0.3 is 23.4 Å². The van der Waals surface area contributed by atoms with Gasteiger partial charge in [-0.3, -0.25) is 4.79 Å². The minimum Gasteiger partial charge on any atom is -0.482 e. The molecule has 7 nitrogen and oxygen atoms in total. The molecule has 4 atom stereocenters. The number of benzene rings is 3. The lowest BCUT2D eigenvalue weighted by Crippen LogP contribution is -2.68. The first-order valence-electron chi connectivity index (χ1n) is 13.8. The van der Waals surface area contributed by atoms with E-state index in [1.165, 1.54) is 23.6 Å². The molecule has 214 valence electrons. The van der Waals surface area contributed by atoms with Gasteiger partial charge in [0.05, 0.1) is 13.2 Å². The second-order valence-corrected chi connectivity index (χ2v) is 15.6. The highest BCUT2D eigenvalue weighted by Crippen LogP contribution is 2.49. The Morgan fingerprint density at radius 3 is 2.20 bits per heavy atom. The van der Waals surface area contributed by atoms with Crippen LogP contribution in [0, 0.1) is 5.92 Å². The summed E-state index contributed by atoms with van der Waals surface area (Å²) in [5.41, 5.74) is 0. The summed E-state index contributed by atoms with van der Waals surface area (Å²) in [7, 11) is -1.58. The number of ether oxygens (including phenoxy) is 4. The smallest absolute Gasteiger partial charge is 0.343 e. The van der Waals surface area contributed by atoms with Crippen LogP contribution in [0.15, 0.2) is 91.0 Å². The molecule has 2 aliphatic rings.